The normalized spacial score (nSPS) is 10.6. The van der Waals surface area contributed by atoms with Crippen molar-refractivity contribution >= 4 is 34.6 Å². The SMILES string of the molecule is CCOC(=O)c1ccc(C(=O)N(Cc2cccs2)Cc2cccs2)nc1C. The molecule has 0 radical (unpaired) electrons. The molecule has 5 nitrogen and oxygen atoms in total. The van der Waals surface area contributed by atoms with E-state index in [1.807, 2.05) is 35.0 Å². The van der Waals surface area contributed by atoms with Crippen molar-refractivity contribution in [1.82, 2.24) is 9.88 Å². The van der Waals surface area contributed by atoms with Crippen LogP contribution in [-0.4, -0.2) is 28.4 Å². The molecule has 0 aliphatic heterocycles. The maximum absolute atomic E-state index is 13.1. The van der Waals surface area contributed by atoms with E-state index in [1.165, 1.54) is 0 Å². The summed E-state index contributed by atoms with van der Waals surface area (Å²) in [5, 5.41) is 4.00. The number of carbonyl (C=O) groups excluding carboxylic acids is 2. The number of rotatable bonds is 7. The topological polar surface area (TPSA) is 59.5 Å². The summed E-state index contributed by atoms with van der Waals surface area (Å²) in [6.07, 6.45) is 0. The minimum Gasteiger partial charge on any atom is -0.462 e. The van der Waals surface area contributed by atoms with Crippen molar-refractivity contribution in [3.05, 3.63) is 73.9 Å². The average Bonchev–Trinajstić information content (AvgIpc) is 3.34. The van der Waals surface area contributed by atoms with Crippen LogP contribution in [0.15, 0.2) is 47.2 Å². The zero-order valence-electron chi connectivity index (χ0n) is 15.2. The highest BCUT2D eigenvalue weighted by Gasteiger charge is 2.21. The monoisotopic (exact) mass is 400 g/mol. The third kappa shape index (κ3) is 4.81. The van der Waals surface area contributed by atoms with E-state index in [0.29, 0.717) is 36.6 Å². The van der Waals surface area contributed by atoms with Crippen LogP contribution in [0.5, 0.6) is 0 Å². The molecule has 0 aliphatic carbocycles. The van der Waals surface area contributed by atoms with Gasteiger partial charge in [-0.2, -0.15) is 0 Å². The summed E-state index contributed by atoms with van der Waals surface area (Å²) in [5.41, 5.74) is 1.21. The summed E-state index contributed by atoms with van der Waals surface area (Å²) in [7, 11) is 0. The first-order valence-corrected chi connectivity index (χ1v) is 10.3. The van der Waals surface area contributed by atoms with Crippen LogP contribution < -0.4 is 0 Å². The Bertz CT molecular complexity index is 869. The number of ether oxygens (including phenoxy) is 1. The second-order valence-corrected chi connectivity index (χ2v) is 7.93. The molecule has 0 atom stereocenters. The van der Waals surface area contributed by atoms with E-state index in [-0.39, 0.29) is 5.91 Å². The molecule has 0 aliphatic rings. The van der Waals surface area contributed by atoms with Gasteiger partial charge in [-0.25, -0.2) is 9.78 Å². The maximum atomic E-state index is 13.1. The molecule has 27 heavy (non-hydrogen) atoms. The number of esters is 1. The van der Waals surface area contributed by atoms with Crippen LogP contribution in [0, 0.1) is 6.92 Å². The first-order chi connectivity index (χ1) is 13.1. The largest absolute Gasteiger partial charge is 0.462 e. The van der Waals surface area contributed by atoms with Crippen molar-refractivity contribution in [2.45, 2.75) is 26.9 Å². The Morgan fingerprint density at radius 1 is 1.04 bits per heavy atom. The molecule has 0 fully saturated rings. The predicted molar refractivity (Wildman–Crippen MR) is 107 cm³/mol. The number of nitrogens with zero attached hydrogens (tertiary/aromatic N) is 2. The molecule has 0 bridgehead atoms. The van der Waals surface area contributed by atoms with E-state index in [2.05, 4.69) is 4.98 Å². The summed E-state index contributed by atoms with van der Waals surface area (Å²) in [4.78, 5) is 33.4. The molecule has 0 unspecified atom stereocenters. The Labute approximate surface area is 166 Å². The smallest absolute Gasteiger partial charge is 0.339 e. The van der Waals surface area contributed by atoms with E-state index >= 15 is 0 Å². The van der Waals surface area contributed by atoms with Crippen LogP contribution >= 0.6 is 22.7 Å². The van der Waals surface area contributed by atoms with E-state index in [4.69, 9.17) is 4.74 Å². The first-order valence-electron chi connectivity index (χ1n) is 8.57. The second-order valence-electron chi connectivity index (χ2n) is 5.87. The molecular weight excluding hydrogens is 380 g/mol. The number of hydrogen-bond donors (Lipinski definition) is 0. The van der Waals surface area contributed by atoms with Gasteiger partial charge in [-0.15, -0.1) is 22.7 Å². The highest BCUT2D eigenvalue weighted by molar-refractivity contribution is 7.10. The Kier molecular flexibility index (Phi) is 6.36. The molecule has 3 aromatic rings. The molecule has 3 aromatic heterocycles. The standard InChI is InChI=1S/C20H20N2O3S2/c1-3-25-20(24)17-8-9-18(21-14(17)2)19(23)22(12-15-6-4-10-26-15)13-16-7-5-11-27-16/h4-11H,3,12-13H2,1-2H3. The number of aryl methyl sites for hydroxylation is 1. The molecule has 140 valence electrons. The number of aromatic nitrogens is 1. The number of pyridine rings is 1. The lowest BCUT2D eigenvalue weighted by atomic mass is 10.1. The van der Waals surface area contributed by atoms with Gasteiger partial charge >= 0.3 is 5.97 Å². The zero-order chi connectivity index (χ0) is 19.2. The second kappa shape index (κ2) is 8.92. The molecule has 7 heteroatoms. The molecule has 0 aromatic carbocycles. The van der Waals surface area contributed by atoms with Crippen LogP contribution in [0.3, 0.4) is 0 Å². The molecule has 0 saturated carbocycles. The lowest BCUT2D eigenvalue weighted by molar-refractivity contribution is 0.0524. The van der Waals surface area contributed by atoms with Gasteiger partial charge in [-0.05, 0) is 48.9 Å². The van der Waals surface area contributed by atoms with Crippen molar-refractivity contribution < 1.29 is 14.3 Å². The van der Waals surface area contributed by atoms with Gasteiger partial charge in [0.1, 0.15) is 5.69 Å². The number of hydrogen-bond acceptors (Lipinski definition) is 6. The lowest BCUT2D eigenvalue weighted by Crippen LogP contribution is -2.30. The van der Waals surface area contributed by atoms with Crippen molar-refractivity contribution in [2.75, 3.05) is 6.61 Å². The quantitative estimate of drug-likeness (QED) is 0.547. The van der Waals surface area contributed by atoms with Crippen molar-refractivity contribution in [3.63, 3.8) is 0 Å². The molecule has 0 N–H and O–H groups in total. The van der Waals surface area contributed by atoms with Gasteiger partial charge in [0.25, 0.3) is 5.91 Å². The van der Waals surface area contributed by atoms with Crippen LogP contribution in [0.1, 0.15) is 43.2 Å². The fraction of sp³-hybridized carbons (Fsp3) is 0.250. The van der Waals surface area contributed by atoms with Gasteiger partial charge in [-0.3, -0.25) is 4.79 Å². The lowest BCUT2D eigenvalue weighted by Gasteiger charge is -2.21. The molecule has 3 rings (SSSR count). The fourth-order valence-electron chi connectivity index (χ4n) is 2.65. The molecule has 3 heterocycles. The fourth-order valence-corrected chi connectivity index (χ4v) is 4.09. The third-order valence-electron chi connectivity index (χ3n) is 3.94. The Morgan fingerprint density at radius 2 is 1.67 bits per heavy atom. The Balaban J connectivity index is 1.84. The van der Waals surface area contributed by atoms with Gasteiger partial charge in [0.2, 0.25) is 0 Å². The van der Waals surface area contributed by atoms with Crippen molar-refractivity contribution in [3.8, 4) is 0 Å². The van der Waals surface area contributed by atoms with Crippen molar-refractivity contribution in [2.24, 2.45) is 0 Å². The minimum atomic E-state index is -0.421. The summed E-state index contributed by atoms with van der Waals surface area (Å²) in [6, 6.07) is 11.2. The van der Waals surface area contributed by atoms with Gasteiger partial charge in [-0.1, -0.05) is 12.1 Å². The van der Waals surface area contributed by atoms with Crippen molar-refractivity contribution in [1.29, 1.82) is 0 Å². The summed E-state index contributed by atoms with van der Waals surface area (Å²) in [6.45, 7) is 4.81. The molecule has 0 spiro atoms. The zero-order valence-corrected chi connectivity index (χ0v) is 16.8. The highest BCUT2D eigenvalue weighted by Crippen LogP contribution is 2.19. The summed E-state index contributed by atoms with van der Waals surface area (Å²) < 4.78 is 5.03. The highest BCUT2D eigenvalue weighted by atomic mass is 32.1. The van der Waals surface area contributed by atoms with Crippen LogP contribution in [0.2, 0.25) is 0 Å². The van der Waals surface area contributed by atoms with Gasteiger partial charge in [0.15, 0.2) is 0 Å². The van der Waals surface area contributed by atoms with E-state index < -0.39 is 5.97 Å². The van der Waals surface area contributed by atoms with E-state index in [9.17, 15) is 9.59 Å². The number of thiophene rings is 2. The van der Waals surface area contributed by atoms with Crippen LogP contribution in [0.25, 0.3) is 0 Å². The average molecular weight is 401 g/mol. The van der Waals surface area contributed by atoms with Gasteiger partial charge < -0.3 is 9.64 Å². The van der Waals surface area contributed by atoms with E-state index in [1.54, 1.807) is 53.6 Å². The summed E-state index contributed by atoms with van der Waals surface area (Å²) >= 11 is 3.24. The minimum absolute atomic E-state index is 0.157. The maximum Gasteiger partial charge on any atom is 0.339 e. The first kappa shape index (κ1) is 19.3. The third-order valence-corrected chi connectivity index (χ3v) is 5.66. The van der Waals surface area contributed by atoms with Crippen LogP contribution in [0.4, 0.5) is 0 Å². The summed E-state index contributed by atoms with van der Waals surface area (Å²) in [5.74, 6) is -0.578. The Morgan fingerprint density at radius 3 is 2.15 bits per heavy atom. The Hall–Kier alpha value is -2.51. The molecular formula is C20H20N2O3S2. The van der Waals surface area contributed by atoms with E-state index in [0.717, 1.165) is 9.75 Å². The number of carbonyl (C=O) groups is 2. The van der Waals surface area contributed by atoms with Gasteiger partial charge in [0, 0.05) is 9.75 Å². The van der Waals surface area contributed by atoms with Crippen LogP contribution in [-0.2, 0) is 17.8 Å². The predicted octanol–water partition coefficient (Wildman–Crippen LogP) is 4.53. The van der Waals surface area contributed by atoms with Gasteiger partial charge in [0.05, 0.1) is 31.0 Å². The molecule has 0 saturated heterocycles. The number of amides is 1. The molecule has 1 amide bonds.